The molecule has 45 heavy (non-hydrogen) atoms. The van der Waals surface area contributed by atoms with E-state index in [1.54, 1.807) is 42.3 Å². The van der Waals surface area contributed by atoms with E-state index in [1.807, 2.05) is 64.0 Å². The number of carbonyl (C=O) groups is 2. The minimum Gasteiger partial charge on any atom is -0.492 e. The first-order chi connectivity index (χ1) is 20.9. The average Bonchev–Trinajstić information content (AvgIpc) is 3.06. The minimum absolute atomic E-state index is 0. The number of para-hydroxylation sites is 1. The normalized spacial score (nSPS) is 16.5. The molecule has 0 radical (unpaired) electrons. The van der Waals surface area contributed by atoms with E-state index in [4.69, 9.17) is 25.8 Å². The van der Waals surface area contributed by atoms with Crippen molar-refractivity contribution in [2.75, 3.05) is 45.8 Å². The monoisotopic (exact) mass is 661 g/mol. The number of carbonyl (C=O) groups excluding carboxylic acids is 2. The molecule has 0 spiro atoms. The van der Waals surface area contributed by atoms with Crippen molar-refractivity contribution in [1.82, 2.24) is 10.2 Å². The Morgan fingerprint density at radius 3 is 2.49 bits per heavy atom. The third kappa shape index (κ3) is 9.33. The van der Waals surface area contributed by atoms with E-state index < -0.39 is 23.9 Å². The number of ether oxygens (including phenoxy) is 3. The number of likely N-dealkylation sites (N-methyl/N-ethyl adjacent to an activating group) is 1. The third-order valence-electron chi connectivity index (χ3n) is 7.13. The number of anilines is 1. The van der Waals surface area contributed by atoms with E-state index in [2.05, 4.69) is 5.32 Å². The molecule has 0 saturated carbocycles. The highest BCUT2D eigenvalue weighted by Gasteiger charge is 2.40. The van der Waals surface area contributed by atoms with Crippen LogP contribution in [0.25, 0.3) is 0 Å². The van der Waals surface area contributed by atoms with Gasteiger partial charge in [0, 0.05) is 47.0 Å². The molecule has 2 amide bonds. The number of methoxy groups -OCH3 is 1. The first-order valence-electron chi connectivity index (χ1n) is 14.6. The second-order valence-electron chi connectivity index (χ2n) is 12.3. The Morgan fingerprint density at radius 1 is 1.09 bits per heavy atom. The fourth-order valence-electron chi connectivity index (χ4n) is 5.07. The van der Waals surface area contributed by atoms with Gasteiger partial charge in [0.1, 0.15) is 24.6 Å². The Morgan fingerprint density at radius 2 is 1.82 bits per heavy atom. The highest BCUT2D eigenvalue weighted by atomic mass is 35.5. The van der Waals surface area contributed by atoms with Crippen molar-refractivity contribution >= 4 is 41.5 Å². The highest BCUT2D eigenvalue weighted by Crippen LogP contribution is 2.45. The van der Waals surface area contributed by atoms with Gasteiger partial charge < -0.3 is 29.3 Å². The van der Waals surface area contributed by atoms with Crippen LogP contribution in [0, 0.1) is 11.2 Å². The molecule has 2 atom stereocenters. The predicted molar refractivity (Wildman–Crippen MR) is 177 cm³/mol. The maximum absolute atomic E-state index is 14.2. The lowest BCUT2D eigenvalue weighted by atomic mass is 9.94. The van der Waals surface area contributed by atoms with Crippen molar-refractivity contribution in [2.45, 2.75) is 45.9 Å². The zero-order valence-electron chi connectivity index (χ0n) is 26.6. The van der Waals surface area contributed by atoms with Gasteiger partial charge in [0.15, 0.2) is 11.5 Å². The lowest BCUT2D eigenvalue weighted by Crippen LogP contribution is -2.45. The van der Waals surface area contributed by atoms with Crippen molar-refractivity contribution in [2.24, 2.45) is 5.41 Å². The van der Waals surface area contributed by atoms with Crippen molar-refractivity contribution in [3.63, 3.8) is 0 Å². The molecule has 8 nitrogen and oxygen atoms in total. The van der Waals surface area contributed by atoms with Gasteiger partial charge in [-0.25, -0.2) is 4.39 Å². The summed E-state index contributed by atoms with van der Waals surface area (Å²) in [6, 6.07) is 17.1. The van der Waals surface area contributed by atoms with Gasteiger partial charge in [-0.1, -0.05) is 62.7 Å². The Labute approximate surface area is 276 Å². The number of rotatable bonds is 11. The molecule has 244 valence electrons. The van der Waals surface area contributed by atoms with Crippen LogP contribution in [0.15, 0.2) is 60.7 Å². The summed E-state index contributed by atoms with van der Waals surface area (Å²) in [7, 11) is 5.48. The van der Waals surface area contributed by atoms with E-state index in [-0.39, 0.29) is 36.7 Å². The molecule has 4 rings (SSSR count). The number of nitrogens with one attached hydrogen (secondary N) is 1. The number of fused-ring (bicyclic) bond motifs is 1. The summed E-state index contributed by atoms with van der Waals surface area (Å²) in [5.74, 6) is -0.234. The fourth-order valence-corrected chi connectivity index (χ4v) is 5.25. The van der Waals surface area contributed by atoms with Gasteiger partial charge in [-0.2, -0.15) is 0 Å². The second kappa shape index (κ2) is 15.8. The summed E-state index contributed by atoms with van der Waals surface area (Å²) in [6.07, 6.45) is -2.25. The predicted octanol–water partition coefficient (Wildman–Crippen LogP) is 6.42. The summed E-state index contributed by atoms with van der Waals surface area (Å²) in [4.78, 5) is 31.1. The molecule has 3 aromatic carbocycles. The van der Waals surface area contributed by atoms with Gasteiger partial charge in [-0.3, -0.25) is 9.59 Å². The SMILES string of the molecule is COc1c(OCCN(C)C)cccc1[C@H]1O[C@H](CC(=O)NCc2ccccc2F)C(=O)N(CC(C)(C)C)c2ccc(Cl)cc21.Cl. The van der Waals surface area contributed by atoms with Crippen molar-refractivity contribution in [3.8, 4) is 11.5 Å². The largest absolute Gasteiger partial charge is 0.492 e. The molecule has 0 unspecified atom stereocenters. The summed E-state index contributed by atoms with van der Waals surface area (Å²) in [6.45, 7) is 7.59. The van der Waals surface area contributed by atoms with Crippen LogP contribution in [0.4, 0.5) is 10.1 Å². The van der Waals surface area contributed by atoms with Crippen LogP contribution >= 0.6 is 24.0 Å². The molecule has 1 aliphatic heterocycles. The molecule has 0 saturated heterocycles. The molecule has 11 heteroatoms. The molecule has 3 aromatic rings. The zero-order valence-corrected chi connectivity index (χ0v) is 28.1. The van der Waals surface area contributed by atoms with Crippen LogP contribution in [-0.4, -0.2) is 63.7 Å². The number of nitrogens with zero attached hydrogens (tertiary/aromatic N) is 2. The number of amides is 2. The first kappa shape index (κ1) is 36.1. The maximum atomic E-state index is 14.2. The molecule has 0 bridgehead atoms. The Hall–Kier alpha value is -3.37. The number of hydrogen-bond acceptors (Lipinski definition) is 6. The summed E-state index contributed by atoms with van der Waals surface area (Å²) in [5.41, 5.74) is 1.99. The number of hydrogen-bond donors (Lipinski definition) is 1. The number of halogens is 3. The Bertz CT molecular complexity index is 1480. The molecule has 0 aromatic heterocycles. The standard InChI is InChI=1S/C34H41ClFN3O5.ClH/c1-34(2,3)21-39-27-15-14-23(35)18-25(27)31(24-11-9-13-28(32(24)42-6)43-17-16-38(4)5)44-29(33(39)41)19-30(40)37-20-22-10-7-8-12-26(22)36;/h7-15,18,29,31H,16-17,19-21H2,1-6H3,(H,37,40);1H/t29-,31-;/m1./s1. The average molecular weight is 663 g/mol. The van der Waals surface area contributed by atoms with Gasteiger partial charge in [0.2, 0.25) is 5.91 Å². The van der Waals surface area contributed by atoms with Crippen molar-refractivity contribution in [3.05, 3.63) is 88.2 Å². The van der Waals surface area contributed by atoms with Crippen LogP contribution in [0.5, 0.6) is 11.5 Å². The lowest BCUT2D eigenvalue weighted by Gasteiger charge is -2.31. The van der Waals surface area contributed by atoms with E-state index >= 15 is 0 Å². The van der Waals surface area contributed by atoms with E-state index in [1.165, 1.54) is 6.07 Å². The summed E-state index contributed by atoms with van der Waals surface area (Å²) >= 11 is 6.52. The fraction of sp³-hybridized carbons (Fsp3) is 0.412. The Balaban J connectivity index is 0.00000552. The molecular formula is C34H42Cl2FN3O5. The minimum atomic E-state index is -1.16. The molecule has 1 aliphatic rings. The smallest absolute Gasteiger partial charge is 0.256 e. The van der Waals surface area contributed by atoms with Crippen molar-refractivity contribution < 1.29 is 28.2 Å². The molecule has 0 fully saturated rings. The summed E-state index contributed by atoms with van der Waals surface area (Å²) in [5, 5.41) is 3.21. The number of benzene rings is 3. The highest BCUT2D eigenvalue weighted by molar-refractivity contribution is 6.30. The third-order valence-corrected chi connectivity index (χ3v) is 7.37. The van der Waals surface area contributed by atoms with E-state index in [0.29, 0.717) is 58.6 Å². The van der Waals surface area contributed by atoms with Crippen LogP contribution in [-0.2, 0) is 20.9 Å². The van der Waals surface area contributed by atoms with Crippen LogP contribution < -0.4 is 19.7 Å². The van der Waals surface area contributed by atoms with E-state index in [0.717, 1.165) is 0 Å². The van der Waals surface area contributed by atoms with Gasteiger partial charge in [-0.05, 0) is 49.8 Å². The van der Waals surface area contributed by atoms with Gasteiger partial charge in [0.05, 0.1) is 13.5 Å². The first-order valence-corrected chi connectivity index (χ1v) is 15.0. The molecular weight excluding hydrogens is 620 g/mol. The molecule has 1 N–H and O–H groups in total. The van der Waals surface area contributed by atoms with Crippen LogP contribution in [0.3, 0.4) is 0 Å². The topological polar surface area (TPSA) is 80.3 Å². The second-order valence-corrected chi connectivity index (χ2v) is 12.7. The lowest BCUT2D eigenvalue weighted by molar-refractivity contribution is -0.138. The van der Waals surface area contributed by atoms with Gasteiger partial charge in [-0.15, -0.1) is 12.4 Å². The molecule has 1 heterocycles. The Kier molecular flexibility index (Phi) is 12.6. The maximum Gasteiger partial charge on any atom is 0.256 e. The molecule has 0 aliphatic carbocycles. The van der Waals surface area contributed by atoms with E-state index in [9.17, 15) is 14.0 Å². The van der Waals surface area contributed by atoms with Crippen LogP contribution in [0.1, 0.15) is 50.0 Å². The summed E-state index contributed by atoms with van der Waals surface area (Å²) < 4.78 is 32.7. The zero-order chi connectivity index (χ0) is 32.0. The van der Waals surface area contributed by atoms with Gasteiger partial charge in [0.25, 0.3) is 5.91 Å². The van der Waals surface area contributed by atoms with Gasteiger partial charge >= 0.3 is 0 Å². The van der Waals surface area contributed by atoms with Crippen molar-refractivity contribution in [1.29, 1.82) is 0 Å². The quantitative estimate of drug-likeness (QED) is 0.255. The van der Waals surface area contributed by atoms with Crippen LogP contribution in [0.2, 0.25) is 5.02 Å².